The fraction of sp³-hybridized carbons (Fsp3) is 0.450. The molecular formula is C20H25N5O. The number of fused-ring (bicyclic) bond motifs is 1. The van der Waals surface area contributed by atoms with E-state index in [1.165, 1.54) is 32.1 Å². The van der Waals surface area contributed by atoms with Crippen LogP contribution in [0.25, 0.3) is 0 Å². The predicted molar refractivity (Wildman–Crippen MR) is 103 cm³/mol. The SMILES string of the molecule is Cc1cn[nH]c1C1=Nc2cc(C(=O)NCC3CCCCC3)ccc2NC1. The average molecular weight is 351 g/mol. The summed E-state index contributed by atoms with van der Waals surface area (Å²) in [5.41, 5.74) is 5.32. The molecule has 2 aromatic rings. The molecule has 0 bridgehead atoms. The summed E-state index contributed by atoms with van der Waals surface area (Å²) in [5.74, 6) is 0.610. The fourth-order valence-corrected chi connectivity index (χ4v) is 3.79. The maximum Gasteiger partial charge on any atom is 0.251 e. The molecule has 1 aliphatic heterocycles. The monoisotopic (exact) mass is 351 g/mol. The highest BCUT2D eigenvalue weighted by atomic mass is 16.1. The number of hydrogen-bond acceptors (Lipinski definition) is 4. The number of carbonyl (C=O) groups excluding carboxylic acids is 1. The van der Waals surface area contributed by atoms with Gasteiger partial charge in [-0.3, -0.25) is 9.89 Å². The zero-order valence-corrected chi connectivity index (χ0v) is 15.1. The molecule has 4 rings (SSSR count). The molecule has 0 radical (unpaired) electrons. The number of anilines is 1. The Morgan fingerprint density at radius 1 is 1.27 bits per heavy atom. The molecule has 6 nitrogen and oxygen atoms in total. The van der Waals surface area contributed by atoms with Crippen LogP contribution < -0.4 is 10.6 Å². The number of aromatic amines is 1. The Balaban J connectivity index is 1.49. The summed E-state index contributed by atoms with van der Waals surface area (Å²) in [7, 11) is 0. The lowest BCUT2D eigenvalue weighted by molar-refractivity contribution is 0.0943. The van der Waals surface area contributed by atoms with Gasteiger partial charge in [0.2, 0.25) is 0 Å². The Bertz CT molecular complexity index is 832. The Hall–Kier alpha value is -2.63. The smallest absolute Gasteiger partial charge is 0.251 e. The molecule has 6 heteroatoms. The van der Waals surface area contributed by atoms with Crippen LogP contribution in [-0.4, -0.2) is 34.9 Å². The first-order valence-corrected chi connectivity index (χ1v) is 9.45. The molecule has 3 N–H and O–H groups in total. The van der Waals surface area contributed by atoms with Crippen LogP contribution in [0.3, 0.4) is 0 Å². The van der Waals surface area contributed by atoms with Crippen molar-refractivity contribution in [3.8, 4) is 0 Å². The Morgan fingerprint density at radius 2 is 2.12 bits per heavy atom. The molecule has 1 aromatic heterocycles. The van der Waals surface area contributed by atoms with Crippen molar-refractivity contribution in [1.29, 1.82) is 0 Å². The van der Waals surface area contributed by atoms with Gasteiger partial charge in [-0.05, 0) is 49.4 Å². The number of H-pyrrole nitrogens is 1. The summed E-state index contributed by atoms with van der Waals surface area (Å²) in [6, 6.07) is 5.67. The molecule has 0 atom stereocenters. The first-order chi connectivity index (χ1) is 12.7. The first-order valence-electron chi connectivity index (χ1n) is 9.45. The van der Waals surface area contributed by atoms with Gasteiger partial charge in [-0.2, -0.15) is 5.10 Å². The van der Waals surface area contributed by atoms with E-state index in [1.54, 1.807) is 6.20 Å². The predicted octanol–water partition coefficient (Wildman–Crippen LogP) is 3.57. The van der Waals surface area contributed by atoms with E-state index in [4.69, 9.17) is 4.99 Å². The Kier molecular flexibility index (Phi) is 4.73. The molecule has 26 heavy (non-hydrogen) atoms. The van der Waals surface area contributed by atoms with E-state index in [0.29, 0.717) is 18.0 Å². The molecule has 1 saturated carbocycles. The van der Waals surface area contributed by atoms with E-state index >= 15 is 0 Å². The third kappa shape index (κ3) is 3.49. The van der Waals surface area contributed by atoms with E-state index in [9.17, 15) is 4.79 Å². The molecule has 136 valence electrons. The molecule has 1 aromatic carbocycles. The summed E-state index contributed by atoms with van der Waals surface area (Å²) >= 11 is 0. The standard InChI is InChI=1S/C20H25N5O/c1-13-10-23-25-19(13)18-12-21-16-8-7-15(9-17(16)24-18)20(26)22-11-14-5-3-2-4-6-14/h7-10,14,21H,2-6,11-12H2,1H3,(H,22,26)(H,23,25). The molecule has 0 spiro atoms. The number of carbonyl (C=O) groups is 1. The van der Waals surface area contributed by atoms with Gasteiger partial charge in [-0.25, -0.2) is 4.99 Å². The van der Waals surface area contributed by atoms with Gasteiger partial charge in [-0.15, -0.1) is 0 Å². The van der Waals surface area contributed by atoms with Crippen LogP contribution in [0.1, 0.15) is 53.7 Å². The van der Waals surface area contributed by atoms with Gasteiger partial charge in [0, 0.05) is 12.1 Å². The van der Waals surface area contributed by atoms with Crippen LogP contribution in [-0.2, 0) is 0 Å². The minimum absolute atomic E-state index is 0.0154. The second-order valence-corrected chi connectivity index (χ2v) is 7.29. The van der Waals surface area contributed by atoms with E-state index in [-0.39, 0.29) is 5.91 Å². The lowest BCUT2D eigenvalue weighted by Crippen LogP contribution is -2.30. The average Bonchev–Trinajstić information content (AvgIpc) is 3.12. The van der Waals surface area contributed by atoms with Gasteiger partial charge in [0.1, 0.15) is 0 Å². The molecule has 1 amide bonds. The zero-order valence-electron chi connectivity index (χ0n) is 15.1. The summed E-state index contributed by atoms with van der Waals surface area (Å²) in [6.07, 6.45) is 8.16. The van der Waals surface area contributed by atoms with E-state index in [1.807, 2.05) is 25.1 Å². The van der Waals surface area contributed by atoms with Crippen LogP contribution >= 0.6 is 0 Å². The van der Waals surface area contributed by atoms with Crippen LogP contribution in [0.4, 0.5) is 11.4 Å². The van der Waals surface area contributed by atoms with Gasteiger partial charge < -0.3 is 10.6 Å². The highest BCUT2D eigenvalue weighted by molar-refractivity contribution is 6.07. The Morgan fingerprint density at radius 3 is 2.88 bits per heavy atom. The number of benzene rings is 1. The molecule has 0 saturated heterocycles. The van der Waals surface area contributed by atoms with Gasteiger partial charge in [0.15, 0.2) is 0 Å². The maximum atomic E-state index is 12.5. The van der Waals surface area contributed by atoms with Crippen molar-refractivity contribution in [2.45, 2.75) is 39.0 Å². The number of hydrogen-bond donors (Lipinski definition) is 3. The van der Waals surface area contributed by atoms with Crippen molar-refractivity contribution >= 4 is 23.0 Å². The molecule has 2 heterocycles. The summed E-state index contributed by atoms with van der Waals surface area (Å²) in [4.78, 5) is 17.3. The lowest BCUT2D eigenvalue weighted by Gasteiger charge is -2.22. The minimum atomic E-state index is -0.0154. The minimum Gasteiger partial charge on any atom is -0.378 e. The number of aromatic nitrogens is 2. The maximum absolute atomic E-state index is 12.5. The van der Waals surface area contributed by atoms with Crippen molar-refractivity contribution in [2.75, 3.05) is 18.4 Å². The van der Waals surface area contributed by atoms with Gasteiger partial charge in [0.25, 0.3) is 5.91 Å². The van der Waals surface area contributed by atoms with Crippen LogP contribution in [0.2, 0.25) is 0 Å². The van der Waals surface area contributed by atoms with Crippen molar-refractivity contribution in [3.63, 3.8) is 0 Å². The first kappa shape index (κ1) is 16.8. The zero-order chi connectivity index (χ0) is 17.9. The van der Waals surface area contributed by atoms with Gasteiger partial charge in [0.05, 0.1) is 35.5 Å². The van der Waals surface area contributed by atoms with Crippen molar-refractivity contribution in [1.82, 2.24) is 15.5 Å². The summed E-state index contributed by atoms with van der Waals surface area (Å²) < 4.78 is 0. The van der Waals surface area contributed by atoms with Crippen LogP contribution in [0.15, 0.2) is 29.4 Å². The van der Waals surface area contributed by atoms with Crippen LogP contribution in [0, 0.1) is 12.8 Å². The third-order valence-corrected chi connectivity index (χ3v) is 5.36. The number of amides is 1. The second kappa shape index (κ2) is 7.32. The molecular weight excluding hydrogens is 326 g/mol. The normalized spacial score (nSPS) is 17.2. The molecule has 0 unspecified atom stereocenters. The quantitative estimate of drug-likeness (QED) is 0.787. The van der Waals surface area contributed by atoms with E-state index in [2.05, 4.69) is 20.8 Å². The molecule has 2 aliphatic rings. The highest BCUT2D eigenvalue weighted by Crippen LogP contribution is 2.30. The summed E-state index contributed by atoms with van der Waals surface area (Å²) in [6.45, 7) is 3.42. The number of aryl methyl sites for hydroxylation is 1. The number of nitrogens with one attached hydrogen (secondary N) is 3. The molecule has 1 aliphatic carbocycles. The van der Waals surface area contributed by atoms with E-state index in [0.717, 1.165) is 34.9 Å². The molecule has 1 fully saturated rings. The number of aliphatic imine (C=N–C) groups is 1. The van der Waals surface area contributed by atoms with E-state index < -0.39 is 0 Å². The highest BCUT2D eigenvalue weighted by Gasteiger charge is 2.18. The Labute approximate surface area is 153 Å². The number of nitrogens with zero attached hydrogens (tertiary/aromatic N) is 2. The summed E-state index contributed by atoms with van der Waals surface area (Å²) in [5, 5.41) is 13.5. The largest absolute Gasteiger partial charge is 0.378 e. The van der Waals surface area contributed by atoms with Gasteiger partial charge >= 0.3 is 0 Å². The topological polar surface area (TPSA) is 82.2 Å². The lowest BCUT2D eigenvalue weighted by atomic mass is 9.89. The second-order valence-electron chi connectivity index (χ2n) is 7.29. The fourth-order valence-electron chi connectivity index (χ4n) is 3.79. The number of rotatable bonds is 4. The van der Waals surface area contributed by atoms with Crippen molar-refractivity contribution < 1.29 is 4.79 Å². The third-order valence-electron chi connectivity index (χ3n) is 5.36. The van der Waals surface area contributed by atoms with Crippen LogP contribution in [0.5, 0.6) is 0 Å². The van der Waals surface area contributed by atoms with Gasteiger partial charge in [-0.1, -0.05) is 19.3 Å². The van der Waals surface area contributed by atoms with Crippen molar-refractivity contribution in [2.24, 2.45) is 10.9 Å². The van der Waals surface area contributed by atoms with Crippen molar-refractivity contribution in [3.05, 3.63) is 41.2 Å².